The van der Waals surface area contributed by atoms with Crippen molar-refractivity contribution in [3.63, 3.8) is 0 Å². The smallest absolute Gasteiger partial charge is 0.226 e. The van der Waals surface area contributed by atoms with Gasteiger partial charge in [-0.1, -0.05) is 18.2 Å². The summed E-state index contributed by atoms with van der Waals surface area (Å²) in [6.45, 7) is 2.19. The van der Waals surface area contributed by atoms with Gasteiger partial charge >= 0.3 is 0 Å². The molecule has 6 nitrogen and oxygen atoms in total. The number of fused-ring (bicyclic) bond motifs is 1. The van der Waals surface area contributed by atoms with Gasteiger partial charge in [-0.05, 0) is 37.1 Å². The lowest BCUT2D eigenvalue weighted by Gasteiger charge is -2.19. The van der Waals surface area contributed by atoms with Crippen LogP contribution < -0.4 is 10.6 Å². The summed E-state index contributed by atoms with van der Waals surface area (Å²) in [5.41, 5.74) is 1.90. The van der Waals surface area contributed by atoms with Crippen LogP contribution in [0, 0.1) is 11.6 Å². The summed E-state index contributed by atoms with van der Waals surface area (Å²) >= 11 is 0. The predicted octanol–water partition coefficient (Wildman–Crippen LogP) is 4.37. The molecule has 1 aromatic heterocycles. The summed E-state index contributed by atoms with van der Waals surface area (Å²) in [6, 6.07) is 9.56. The van der Waals surface area contributed by atoms with E-state index >= 15 is 0 Å². The van der Waals surface area contributed by atoms with Crippen LogP contribution in [0.15, 0.2) is 48.7 Å². The van der Waals surface area contributed by atoms with Crippen LogP contribution in [0.5, 0.6) is 0 Å². The highest BCUT2D eigenvalue weighted by Crippen LogP contribution is 2.27. The molecule has 0 aliphatic carbocycles. The first-order chi connectivity index (χ1) is 15.4. The SMILES string of the molecule is CC(=O)NC(CC(=O)Nc1cccc(-c2cn3c(n2)CCCC3)c1)c1c(F)cccc1F. The molecule has 2 amide bonds. The zero-order chi connectivity index (χ0) is 22.7. The van der Waals surface area contributed by atoms with Crippen LogP contribution in [-0.4, -0.2) is 21.4 Å². The second kappa shape index (κ2) is 9.30. The number of rotatable bonds is 6. The Labute approximate surface area is 184 Å². The average molecular weight is 438 g/mol. The number of carbonyl (C=O) groups is 2. The van der Waals surface area contributed by atoms with E-state index in [4.69, 9.17) is 4.98 Å². The molecule has 2 heterocycles. The Morgan fingerprint density at radius 1 is 1.12 bits per heavy atom. The molecule has 1 aliphatic heterocycles. The van der Waals surface area contributed by atoms with E-state index in [1.165, 1.54) is 13.0 Å². The van der Waals surface area contributed by atoms with Crippen molar-refractivity contribution in [1.29, 1.82) is 0 Å². The topological polar surface area (TPSA) is 76.0 Å². The van der Waals surface area contributed by atoms with Crippen molar-refractivity contribution in [1.82, 2.24) is 14.9 Å². The van der Waals surface area contributed by atoms with E-state index in [9.17, 15) is 18.4 Å². The molecule has 0 saturated carbocycles. The lowest BCUT2D eigenvalue weighted by atomic mass is 10.0. The van der Waals surface area contributed by atoms with Crippen LogP contribution in [0.1, 0.15) is 43.6 Å². The summed E-state index contributed by atoms with van der Waals surface area (Å²) in [5, 5.41) is 5.22. The third-order valence-corrected chi connectivity index (χ3v) is 5.47. The number of hydrogen-bond donors (Lipinski definition) is 2. The van der Waals surface area contributed by atoms with Gasteiger partial charge < -0.3 is 15.2 Å². The van der Waals surface area contributed by atoms with Gasteiger partial charge in [0.15, 0.2) is 0 Å². The quantitative estimate of drug-likeness (QED) is 0.600. The fourth-order valence-corrected chi connectivity index (χ4v) is 4.02. The summed E-state index contributed by atoms with van der Waals surface area (Å²) in [4.78, 5) is 29.0. The second-order valence-electron chi connectivity index (χ2n) is 7.91. The van der Waals surface area contributed by atoms with Crippen LogP contribution in [0.3, 0.4) is 0 Å². The number of nitrogens with zero attached hydrogens (tertiary/aromatic N) is 2. The first kappa shape index (κ1) is 21.7. The van der Waals surface area contributed by atoms with Gasteiger partial charge in [-0.15, -0.1) is 0 Å². The third kappa shape index (κ3) is 4.85. The largest absolute Gasteiger partial charge is 0.349 e. The number of benzene rings is 2. The molecule has 4 rings (SSSR count). The van der Waals surface area contributed by atoms with E-state index in [1.54, 1.807) is 6.07 Å². The highest BCUT2D eigenvalue weighted by atomic mass is 19.1. The van der Waals surface area contributed by atoms with E-state index in [-0.39, 0.29) is 12.0 Å². The van der Waals surface area contributed by atoms with E-state index in [0.717, 1.165) is 55.0 Å². The van der Waals surface area contributed by atoms with E-state index in [2.05, 4.69) is 15.2 Å². The van der Waals surface area contributed by atoms with Gasteiger partial charge in [0.1, 0.15) is 17.5 Å². The number of anilines is 1. The summed E-state index contributed by atoms with van der Waals surface area (Å²) in [6.07, 6.45) is 4.92. The maximum Gasteiger partial charge on any atom is 0.226 e. The summed E-state index contributed by atoms with van der Waals surface area (Å²) < 4.78 is 30.6. The van der Waals surface area contributed by atoms with Gasteiger partial charge in [-0.2, -0.15) is 0 Å². The van der Waals surface area contributed by atoms with Crippen molar-refractivity contribution < 1.29 is 18.4 Å². The number of hydrogen-bond acceptors (Lipinski definition) is 3. The molecular weight excluding hydrogens is 414 g/mol. The van der Waals surface area contributed by atoms with Gasteiger partial charge in [0.2, 0.25) is 11.8 Å². The Morgan fingerprint density at radius 2 is 1.88 bits per heavy atom. The Hall–Kier alpha value is -3.55. The minimum atomic E-state index is -1.13. The van der Waals surface area contributed by atoms with Crippen LogP contribution in [-0.2, 0) is 22.6 Å². The molecule has 166 valence electrons. The fraction of sp³-hybridized carbons (Fsp3) is 0.292. The van der Waals surface area contributed by atoms with Gasteiger partial charge in [0, 0.05) is 42.9 Å². The van der Waals surface area contributed by atoms with Crippen molar-refractivity contribution in [2.75, 3.05) is 5.32 Å². The second-order valence-corrected chi connectivity index (χ2v) is 7.91. The normalized spacial score (nSPS) is 13.8. The van der Waals surface area contributed by atoms with Crippen molar-refractivity contribution >= 4 is 17.5 Å². The Morgan fingerprint density at radius 3 is 2.59 bits per heavy atom. The molecule has 1 atom stereocenters. The number of carbonyl (C=O) groups excluding carboxylic acids is 2. The molecule has 1 unspecified atom stereocenters. The van der Waals surface area contributed by atoms with Crippen LogP contribution in [0.4, 0.5) is 14.5 Å². The molecule has 0 radical (unpaired) electrons. The molecule has 3 aromatic rings. The van der Waals surface area contributed by atoms with E-state index in [0.29, 0.717) is 5.69 Å². The number of amides is 2. The Balaban J connectivity index is 1.51. The lowest BCUT2D eigenvalue weighted by Crippen LogP contribution is -2.31. The minimum Gasteiger partial charge on any atom is -0.349 e. The van der Waals surface area contributed by atoms with E-state index in [1.807, 2.05) is 24.4 Å². The molecule has 0 spiro atoms. The molecule has 0 saturated heterocycles. The Kier molecular flexibility index (Phi) is 6.30. The van der Waals surface area contributed by atoms with Crippen molar-refractivity contribution in [2.45, 2.75) is 45.2 Å². The number of imidazole rings is 1. The molecular formula is C24H24F2N4O2. The standard InChI is InChI=1S/C24H24F2N4O2/c1-15(31)27-20(24-18(25)8-5-9-19(24)26)13-23(32)28-17-7-4-6-16(12-17)21-14-30-11-3-2-10-22(30)29-21/h4-9,12,14,20H,2-3,10-11,13H2,1H3,(H,27,31)(H,28,32). The summed E-state index contributed by atoms with van der Waals surface area (Å²) in [5.74, 6) is -1.54. The molecule has 2 N–H and O–H groups in total. The predicted molar refractivity (Wildman–Crippen MR) is 117 cm³/mol. The fourth-order valence-electron chi connectivity index (χ4n) is 4.02. The van der Waals surface area contributed by atoms with E-state index < -0.39 is 29.5 Å². The number of aromatic nitrogens is 2. The molecule has 1 aliphatic rings. The zero-order valence-electron chi connectivity index (χ0n) is 17.7. The molecule has 8 heteroatoms. The number of nitrogens with one attached hydrogen (secondary N) is 2. The molecule has 2 aromatic carbocycles. The van der Waals surface area contributed by atoms with Crippen molar-refractivity contribution in [3.8, 4) is 11.3 Å². The third-order valence-electron chi connectivity index (χ3n) is 5.47. The monoisotopic (exact) mass is 438 g/mol. The lowest BCUT2D eigenvalue weighted by molar-refractivity contribution is -0.120. The van der Waals surface area contributed by atoms with Crippen LogP contribution in [0.2, 0.25) is 0 Å². The first-order valence-electron chi connectivity index (χ1n) is 10.6. The zero-order valence-corrected chi connectivity index (χ0v) is 17.7. The Bertz CT molecular complexity index is 1110. The molecule has 0 bridgehead atoms. The van der Waals surface area contributed by atoms with Crippen LogP contribution >= 0.6 is 0 Å². The van der Waals surface area contributed by atoms with Gasteiger partial charge in [-0.3, -0.25) is 9.59 Å². The van der Waals surface area contributed by atoms with Gasteiger partial charge in [-0.25, -0.2) is 13.8 Å². The highest BCUT2D eigenvalue weighted by molar-refractivity contribution is 5.92. The summed E-state index contributed by atoms with van der Waals surface area (Å²) in [7, 11) is 0. The molecule has 32 heavy (non-hydrogen) atoms. The maximum atomic E-state index is 14.2. The maximum absolute atomic E-state index is 14.2. The number of aryl methyl sites for hydroxylation is 2. The highest BCUT2D eigenvalue weighted by Gasteiger charge is 2.24. The van der Waals surface area contributed by atoms with Crippen molar-refractivity contribution in [3.05, 3.63) is 71.7 Å². The average Bonchev–Trinajstić information content (AvgIpc) is 3.17. The first-order valence-corrected chi connectivity index (χ1v) is 10.6. The van der Waals surface area contributed by atoms with Gasteiger partial charge in [0.25, 0.3) is 0 Å². The van der Waals surface area contributed by atoms with Gasteiger partial charge in [0.05, 0.1) is 18.2 Å². The van der Waals surface area contributed by atoms with Crippen molar-refractivity contribution in [2.24, 2.45) is 0 Å². The number of halogens is 2. The minimum absolute atomic E-state index is 0.319. The van der Waals surface area contributed by atoms with Crippen LogP contribution in [0.25, 0.3) is 11.3 Å². The molecule has 0 fully saturated rings.